The fourth-order valence-electron chi connectivity index (χ4n) is 5.22. The van der Waals surface area contributed by atoms with Crippen LogP contribution in [-0.4, -0.2) is 59.9 Å². The fraction of sp³-hybridized carbons (Fsp3) is 0.200. The summed E-state index contributed by atoms with van der Waals surface area (Å²) in [6, 6.07) is 29.6. The number of carbonyl (C=O) groups is 4. The number of hydrogen-bond acceptors (Lipinski definition) is 5. The number of piperazine rings is 1. The van der Waals surface area contributed by atoms with E-state index in [9.17, 15) is 24.3 Å². The van der Waals surface area contributed by atoms with Gasteiger partial charge in [0.2, 0.25) is 0 Å². The summed E-state index contributed by atoms with van der Waals surface area (Å²) < 4.78 is 0. The van der Waals surface area contributed by atoms with Gasteiger partial charge in [0.05, 0.1) is 23.8 Å². The molecule has 4 aromatic rings. The van der Waals surface area contributed by atoms with Gasteiger partial charge < -0.3 is 25.5 Å². The maximum atomic E-state index is 13.5. The van der Waals surface area contributed by atoms with Crippen molar-refractivity contribution in [2.45, 2.75) is 19.4 Å². The molecule has 1 aliphatic rings. The van der Waals surface area contributed by atoms with Crippen LogP contribution in [0.15, 0.2) is 103 Å². The molecular formula is C35H34N4O5. The molecule has 1 heterocycles. The first-order chi connectivity index (χ1) is 21.3. The lowest BCUT2D eigenvalue weighted by molar-refractivity contribution is -0.137. The van der Waals surface area contributed by atoms with Crippen LogP contribution in [-0.2, 0) is 4.79 Å². The number of carboxylic acid groups (broad SMARTS) is 1. The first kappa shape index (κ1) is 30.0. The third kappa shape index (κ3) is 7.30. The van der Waals surface area contributed by atoms with Crippen molar-refractivity contribution in [1.82, 2.24) is 10.2 Å². The van der Waals surface area contributed by atoms with Gasteiger partial charge in [-0.25, -0.2) is 0 Å². The number of anilines is 2. The Hall–Kier alpha value is -5.44. The van der Waals surface area contributed by atoms with Crippen LogP contribution in [0.2, 0.25) is 0 Å². The zero-order valence-corrected chi connectivity index (χ0v) is 24.4. The van der Waals surface area contributed by atoms with E-state index < -0.39 is 17.9 Å². The number of aliphatic carboxylic acids is 1. The Morgan fingerprint density at radius 3 is 1.95 bits per heavy atom. The number of amides is 3. The van der Waals surface area contributed by atoms with Gasteiger partial charge in [-0.3, -0.25) is 19.2 Å². The van der Waals surface area contributed by atoms with Crippen LogP contribution in [0.5, 0.6) is 0 Å². The summed E-state index contributed by atoms with van der Waals surface area (Å²) >= 11 is 0. The van der Waals surface area contributed by atoms with Crippen LogP contribution in [0, 0.1) is 6.92 Å². The number of nitrogens with zero attached hydrogens (tertiary/aromatic N) is 2. The molecule has 9 nitrogen and oxygen atoms in total. The Bertz CT molecular complexity index is 1630. The molecule has 1 atom stereocenters. The number of nitrogens with one attached hydrogen (secondary N) is 2. The highest BCUT2D eigenvalue weighted by atomic mass is 16.4. The van der Waals surface area contributed by atoms with Gasteiger partial charge in [-0.2, -0.15) is 0 Å². The van der Waals surface area contributed by atoms with Gasteiger partial charge >= 0.3 is 5.97 Å². The highest BCUT2D eigenvalue weighted by Gasteiger charge is 2.25. The highest BCUT2D eigenvalue weighted by Crippen LogP contribution is 2.30. The monoisotopic (exact) mass is 590 g/mol. The molecule has 3 N–H and O–H groups in total. The zero-order chi connectivity index (χ0) is 31.1. The van der Waals surface area contributed by atoms with Gasteiger partial charge in [-0.05, 0) is 55.0 Å². The second-order valence-corrected chi connectivity index (χ2v) is 10.7. The average molecular weight is 591 g/mol. The lowest BCUT2D eigenvalue weighted by Crippen LogP contribution is -2.49. The van der Waals surface area contributed by atoms with E-state index in [-0.39, 0.29) is 23.8 Å². The van der Waals surface area contributed by atoms with Crippen LogP contribution in [0.25, 0.3) is 0 Å². The topological polar surface area (TPSA) is 119 Å². The molecule has 1 saturated heterocycles. The standard InChI is InChI=1S/C35H34N4O5/c1-24-12-14-25(15-13-24)29(23-32(40)41)36-34(43)28-16-17-31(30(22-28)37-33(42)26-8-4-2-5-9-26)38-18-20-39(21-19-38)35(44)27-10-6-3-7-11-27/h2-17,22,29H,18-21,23H2,1H3,(H,36,43)(H,37,42)(H,40,41). The normalized spacial score (nSPS) is 13.6. The van der Waals surface area contributed by atoms with E-state index in [1.165, 1.54) is 0 Å². The summed E-state index contributed by atoms with van der Waals surface area (Å²) in [5, 5.41) is 15.3. The molecule has 224 valence electrons. The predicted molar refractivity (Wildman–Crippen MR) is 169 cm³/mol. The van der Waals surface area contributed by atoms with Gasteiger partial charge in [0.1, 0.15) is 0 Å². The first-order valence-electron chi connectivity index (χ1n) is 14.5. The number of hydrogen-bond donors (Lipinski definition) is 3. The number of carboxylic acids is 1. The summed E-state index contributed by atoms with van der Waals surface area (Å²) in [5.41, 5.74) is 4.25. The van der Waals surface area contributed by atoms with Crippen LogP contribution in [0.4, 0.5) is 11.4 Å². The van der Waals surface area contributed by atoms with Crippen molar-refractivity contribution < 1.29 is 24.3 Å². The molecule has 0 saturated carbocycles. The SMILES string of the molecule is Cc1ccc(C(CC(=O)O)NC(=O)c2ccc(N3CCN(C(=O)c4ccccc4)CC3)c(NC(=O)c3ccccc3)c2)cc1. The molecule has 0 aromatic heterocycles. The predicted octanol–water partition coefficient (Wildman–Crippen LogP) is 5.16. The molecule has 1 unspecified atom stereocenters. The third-order valence-electron chi connectivity index (χ3n) is 7.64. The summed E-state index contributed by atoms with van der Waals surface area (Å²) in [5.74, 6) is -1.85. The van der Waals surface area contributed by atoms with E-state index in [2.05, 4.69) is 15.5 Å². The molecular weight excluding hydrogens is 556 g/mol. The van der Waals surface area contributed by atoms with Crippen molar-refractivity contribution in [3.8, 4) is 0 Å². The Balaban J connectivity index is 1.38. The van der Waals surface area contributed by atoms with E-state index >= 15 is 0 Å². The fourth-order valence-corrected chi connectivity index (χ4v) is 5.22. The van der Waals surface area contributed by atoms with Crippen LogP contribution in [0.3, 0.4) is 0 Å². The van der Waals surface area contributed by atoms with E-state index in [0.717, 1.165) is 11.3 Å². The molecule has 1 fully saturated rings. The maximum Gasteiger partial charge on any atom is 0.305 e. The van der Waals surface area contributed by atoms with Crippen molar-refractivity contribution in [3.05, 3.63) is 131 Å². The molecule has 1 aliphatic heterocycles. The van der Waals surface area contributed by atoms with Gasteiger partial charge in [0, 0.05) is 42.9 Å². The molecule has 0 radical (unpaired) electrons. The Morgan fingerprint density at radius 1 is 0.727 bits per heavy atom. The Morgan fingerprint density at radius 2 is 1.34 bits per heavy atom. The molecule has 5 rings (SSSR count). The summed E-state index contributed by atoms with van der Waals surface area (Å²) in [4.78, 5) is 55.1. The number of rotatable bonds is 9. The number of carbonyl (C=O) groups excluding carboxylic acids is 3. The smallest absolute Gasteiger partial charge is 0.305 e. The highest BCUT2D eigenvalue weighted by molar-refractivity contribution is 6.07. The lowest BCUT2D eigenvalue weighted by atomic mass is 10.0. The molecule has 3 amide bonds. The minimum Gasteiger partial charge on any atom is -0.481 e. The Labute approximate surface area is 256 Å². The minimum absolute atomic E-state index is 0.0284. The van der Waals surface area contributed by atoms with E-state index in [1.54, 1.807) is 66.7 Å². The molecule has 0 bridgehead atoms. The van der Waals surface area contributed by atoms with E-state index in [0.29, 0.717) is 48.6 Å². The maximum absolute atomic E-state index is 13.5. The van der Waals surface area contributed by atoms with Gasteiger partial charge in [0.15, 0.2) is 0 Å². The largest absolute Gasteiger partial charge is 0.481 e. The summed E-state index contributed by atoms with van der Waals surface area (Å²) in [7, 11) is 0. The molecule has 44 heavy (non-hydrogen) atoms. The number of benzene rings is 4. The van der Waals surface area contributed by atoms with Crippen molar-refractivity contribution in [2.75, 3.05) is 36.4 Å². The van der Waals surface area contributed by atoms with Crippen molar-refractivity contribution in [1.29, 1.82) is 0 Å². The van der Waals surface area contributed by atoms with Crippen molar-refractivity contribution >= 4 is 35.1 Å². The molecule has 0 spiro atoms. The third-order valence-corrected chi connectivity index (χ3v) is 7.64. The van der Waals surface area contributed by atoms with E-state index in [4.69, 9.17) is 0 Å². The van der Waals surface area contributed by atoms with E-state index in [1.807, 2.05) is 48.2 Å². The number of aryl methyl sites for hydroxylation is 1. The summed E-state index contributed by atoms with van der Waals surface area (Å²) in [6.07, 6.45) is -0.281. The van der Waals surface area contributed by atoms with Crippen LogP contribution < -0.4 is 15.5 Å². The van der Waals surface area contributed by atoms with Crippen LogP contribution >= 0.6 is 0 Å². The van der Waals surface area contributed by atoms with Gasteiger partial charge in [0.25, 0.3) is 17.7 Å². The zero-order valence-electron chi connectivity index (χ0n) is 24.4. The van der Waals surface area contributed by atoms with Gasteiger partial charge in [-0.15, -0.1) is 0 Å². The second-order valence-electron chi connectivity index (χ2n) is 10.7. The first-order valence-corrected chi connectivity index (χ1v) is 14.5. The summed E-state index contributed by atoms with van der Waals surface area (Å²) in [6.45, 7) is 3.99. The Kier molecular flexibility index (Phi) is 9.34. The lowest BCUT2D eigenvalue weighted by Gasteiger charge is -2.37. The van der Waals surface area contributed by atoms with Crippen LogP contribution in [0.1, 0.15) is 54.7 Å². The molecule has 4 aromatic carbocycles. The average Bonchev–Trinajstić information content (AvgIpc) is 3.05. The second kappa shape index (κ2) is 13.7. The van der Waals surface area contributed by atoms with Crippen molar-refractivity contribution in [2.24, 2.45) is 0 Å². The quantitative estimate of drug-likeness (QED) is 0.248. The molecule has 9 heteroatoms. The molecule has 0 aliphatic carbocycles. The minimum atomic E-state index is -1.04. The van der Waals surface area contributed by atoms with Gasteiger partial charge in [-0.1, -0.05) is 66.2 Å². The van der Waals surface area contributed by atoms with Crippen molar-refractivity contribution in [3.63, 3.8) is 0 Å².